The van der Waals surface area contributed by atoms with E-state index in [2.05, 4.69) is 20.7 Å². The molecule has 1 aromatic carbocycles. The fraction of sp³-hybridized carbons (Fsp3) is 0.455. The predicted molar refractivity (Wildman–Crippen MR) is 113 cm³/mol. The molecule has 1 aliphatic carbocycles. The molecule has 166 valence electrons. The lowest BCUT2D eigenvalue weighted by Gasteiger charge is -2.36. The van der Waals surface area contributed by atoms with Crippen molar-refractivity contribution in [1.82, 2.24) is 14.6 Å². The summed E-state index contributed by atoms with van der Waals surface area (Å²) >= 11 is 0. The minimum Gasteiger partial charge on any atom is -0.390 e. The van der Waals surface area contributed by atoms with Gasteiger partial charge in [0.15, 0.2) is 5.65 Å². The average molecular weight is 433 g/mol. The molecule has 9 heteroatoms. The van der Waals surface area contributed by atoms with Crippen LogP contribution in [-0.4, -0.2) is 31.3 Å². The molecule has 1 fully saturated rings. The summed E-state index contributed by atoms with van der Waals surface area (Å²) < 4.78 is 39.9. The van der Waals surface area contributed by atoms with Crippen molar-refractivity contribution in [2.75, 3.05) is 10.6 Å². The molecule has 3 N–H and O–H groups in total. The first kappa shape index (κ1) is 21.4. The van der Waals surface area contributed by atoms with Crippen LogP contribution in [0.15, 0.2) is 42.5 Å². The summed E-state index contributed by atoms with van der Waals surface area (Å²) in [4.78, 5) is 4.42. The second-order valence-corrected chi connectivity index (χ2v) is 8.66. The number of anilines is 3. The normalized spacial score (nSPS) is 20.1. The van der Waals surface area contributed by atoms with Gasteiger partial charge in [-0.25, -0.2) is 0 Å². The number of alkyl halides is 3. The maximum atomic E-state index is 12.7. The third kappa shape index (κ3) is 4.92. The van der Waals surface area contributed by atoms with E-state index < -0.39 is 17.3 Å². The van der Waals surface area contributed by atoms with Gasteiger partial charge in [0, 0.05) is 11.7 Å². The highest BCUT2D eigenvalue weighted by Crippen LogP contribution is 2.34. The Morgan fingerprint density at radius 2 is 1.68 bits per heavy atom. The molecule has 4 rings (SSSR count). The molecule has 2 heterocycles. The molecule has 0 unspecified atom stereocenters. The van der Waals surface area contributed by atoms with Crippen molar-refractivity contribution in [3.63, 3.8) is 0 Å². The summed E-state index contributed by atoms with van der Waals surface area (Å²) in [6, 6.07) is 10.7. The van der Waals surface area contributed by atoms with Gasteiger partial charge in [0.2, 0.25) is 5.95 Å². The van der Waals surface area contributed by atoms with Gasteiger partial charge >= 0.3 is 6.18 Å². The number of pyridine rings is 1. The van der Waals surface area contributed by atoms with Crippen LogP contribution in [0.1, 0.15) is 45.1 Å². The smallest absolute Gasteiger partial charge is 0.390 e. The number of fused-ring (bicyclic) bond motifs is 1. The van der Waals surface area contributed by atoms with Gasteiger partial charge in [-0.2, -0.15) is 22.7 Å². The third-order valence-electron chi connectivity index (χ3n) is 5.91. The van der Waals surface area contributed by atoms with Gasteiger partial charge < -0.3 is 15.7 Å². The first-order valence-corrected chi connectivity index (χ1v) is 10.4. The first-order valence-electron chi connectivity index (χ1n) is 10.4. The highest BCUT2D eigenvalue weighted by molar-refractivity contribution is 5.58. The number of nitrogens with one attached hydrogen (secondary N) is 2. The van der Waals surface area contributed by atoms with E-state index in [1.54, 1.807) is 4.52 Å². The molecule has 0 atom stereocenters. The molecule has 6 nitrogen and oxygen atoms in total. The summed E-state index contributed by atoms with van der Waals surface area (Å²) in [6.07, 6.45) is -0.552. The van der Waals surface area contributed by atoms with Crippen LogP contribution in [0.5, 0.6) is 0 Å². The Kier molecular flexibility index (Phi) is 5.55. The number of aromatic nitrogens is 3. The molecule has 0 spiro atoms. The maximum absolute atomic E-state index is 12.7. The number of benzene rings is 1. The molecule has 31 heavy (non-hydrogen) atoms. The molecule has 0 aliphatic heterocycles. The van der Waals surface area contributed by atoms with Crippen molar-refractivity contribution < 1.29 is 18.3 Å². The summed E-state index contributed by atoms with van der Waals surface area (Å²) in [5.41, 5.74) is -0.254. The Balaban J connectivity index is 1.46. The van der Waals surface area contributed by atoms with Crippen LogP contribution in [0.2, 0.25) is 0 Å². The van der Waals surface area contributed by atoms with Crippen LogP contribution in [0.25, 0.3) is 5.65 Å². The third-order valence-corrected chi connectivity index (χ3v) is 5.91. The van der Waals surface area contributed by atoms with Crippen LogP contribution < -0.4 is 10.6 Å². The molecule has 2 aromatic heterocycles. The predicted octanol–water partition coefficient (Wildman–Crippen LogP) is 5.23. The average Bonchev–Trinajstić information content (AvgIpc) is 3.11. The summed E-state index contributed by atoms with van der Waals surface area (Å²) in [6.45, 7) is 3.74. The second kappa shape index (κ2) is 8.03. The maximum Gasteiger partial charge on any atom is 0.416 e. The molecular weight excluding hydrogens is 407 g/mol. The van der Waals surface area contributed by atoms with E-state index in [4.69, 9.17) is 0 Å². The van der Waals surface area contributed by atoms with E-state index in [0.29, 0.717) is 23.2 Å². The number of nitrogens with zero attached hydrogens (tertiary/aromatic N) is 3. The Labute approximate surface area is 178 Å². The zero-order valence-electron chi connectivity index (χ0n) is 17.4. The van der Waals surface area contributed by atoms with Crippen molar-refractivity contribution in [2.45, 2.75) is 57.3 Å². The lowest BCUT2D eigenvalue weighted by atomic mass is 9.77. The lowest BCUT2D eigenvalue weighted by molar-refractivity contribution is -0.137. The van der Waals surface area contributed by atoms with Crippen LogP contribution in [0.3, 0.4) is 0 Å². The molecule has 3 aromatic rings. The van der Waals surface area contributed by atoms with E-state index in [0.717, 1.165) is 43.6 Å². The molecular formula is C22H26F3N5O. The van der Waals surface area contributed by atoms with Crippen molar-refractivity contribution in [2.24, 2.45) is 5.92 Å². The molecule has 0 saturated heterocycles. The highest BCUT2D eigenvalue weighted by Gasteiger charge is 2.32. The van der Waals surface area contributed by atoms with E-state index >= 15 is 0 Å². The highest BCUT2D eigenvalue weighted by atomic mass is 19.4. The van der Waals surface area contributed by atoms with Crippen molar-refractivity contribution in [3.8, 4) is 0 Å². The molecule has 0 amide bonds. The quantitative estimate of drug-likeness (QED) is 0.514. The number of rotatable bonds is 5. The van der Waals surface area contributed by atoms with E-state index in [1.165, 1.54) is 12.1 Å². The van der Waals surface area contributed by atoms with Gasteiger partial charge in [0.05, 0.1) is 11.2 Å². The van der Waals surface area contributed by atoms with Gasteiger partial charge in [0.25, 0.3) is 0 Å². The zero-order chi connectivity index (χ0) is 22.2. The van der Waals surface area contributed by atoms with Crippen molar-refractivity contribution in [1.29, 1.82) is 0 Å². The summed E-state index contributed by atoms with van der Waals surface area (Å²) in [5, 5.41) is 21.2. The van der Waals surface area contributed by atoms with Crippen molar-refractivity contribution in [3.05, 3.63) is 48.0 Å². The molecule has 1 saturated carbocycles. The topological polar surface area (TPSA) is 74.5 Å². The minimum atomic E-state index is -4.37. The summed E-state index contributed by atoms with van der Waals surface area (Å²) in [5.74, 6) is 1.41. The molecule has 0 bridgehead atoms. The molecule has 0 radical (unpaired) electrons. The van der Waals surface area contributed by atoms with E-state index in [1.807, 2.05) is 32.0 Å². The Hall–Kier alpha value is -2.81. The number of aliphatic hydroxyl groups is 1. The van der Waals surface area contributed by atoms with Gasteiger partial charge in [0.1, 0.15) is 5.82 Å². The lowest BCUT2D eigenvalue weighted by Crippen LogP contribution is -2.37. The monoisotopic (exact) mass is 433 g/mol. The molecule has 1 aliphatic rings. The fourth-order valence-corrected chi connectivity index (χ4v) is 4.09. The minimum absolute atomic E-state index is 0.278. The Morgan fingerprint density at radius 1 is 1.00 bits per heavy atom. The number of halogens is 3. The van der Waals surface area contributed by atoms with Crippen LogP contribution in [-0.2, 0) is 6.18 Å². The summed E-state index contributed by atoms with van der Waals surface area (Å²) in [7, 11) is 0. The number of hydrogen-bond donors (Lipinski definition) is 3. The van der Waals surface area contributed by atoms with Crippen LogP contribution in [0, 0.1) is 5.92 Å². The van der Waals surface area contributed by atoms with Crippen LogP contribution >= 0.6 is 0 Å². The second-order valence-electron chi connectivity index (χ2n) is 8.66. The van der Waals surface area contributed by atoms with Gasteiger partial charge in [-0.05, 0) is 81.8 Å². The van der Waals surface area contributed by atoms with Crippen molar-refractivity contribution >= 4 is 23.1 Å². The van der Waals surface area contributed by atoms with Gasteiger partial charge in [-0.3, -0.25) is 0 Å². The SMILES string of the molecule is CC(C)(O)[C@H]1CC[C@H](Nc2cccc3nc(Nc4ccc(C(F)(F)F)cc4)nn23)CC1. The van der Waals surface area contributed by atoms with Crippen LogP contribution in [0.4, 0.5) is 30.6 Å². The van der Waals surface area contributed by atoms with E-state index in [9.17, 15) is 18.3 Å². The van der Waals surface area contributed by atoms with E-state index in [-0.39, 0.29) is 6.04 Å². The van der Waals surface area contributed by atoms with Gasteiger partial charge in [-0.1, -0.05) is 6.07 Å². The first-order chi connectivity index (χ1) is 14.6. The Morgan fingerprint density at radius 3 is 2.29 bits per heavy atom. The largest absolute Gasteiger partial charge is 0.416 e. The number of hydrogen-bond acceptors (Lipinski definition) is 5. The standard InChI is InChI=1S/C22H26F3N5O/c1-21(2,31)14-6-10-16(11-7-14)26-18-4-3-5-19-28-20(29-30(18)19)27-17-12-8-15(9-13-17)22(23,24)25/h3-5,8-9,12-14,16,26,31H,6-7,10-11H2,1-2H3,(H,27,29)/t14-,16-. The Bertz CT molecular complexity index is 1030. The fourth-order valence-electron chi connectivity index (χ4n) is 4.09. The van der Waals surface area contributed by atoms with Gasteiger partial charge in [-0.15, -0.1) is 5.10 Å². The zero-order valence-corrected chi connectivity index (χ0v) is 17.4.